The van der Waals surface area contributed by atoms with Gasteiger partial charge in [0.25, 0.3) is 11.8 Å². The number of rotatable bonds is 12. The number of hydrogen-bond donors (Lipinski definition) is 0. The van der Waals surface area contributed by atoms with E-state index in [0.29, 0.717) is 61.4 Å². The summed E-state index contributed by atoms with van der Waals surface area (Å²) in [4.78, 5) is 53.8. The molecule has 2 aliphatic rings. The Kier molecular flexibility index (Phi) is 14.5. The van der Waals surface area contributed by atoms with Crippen molar-refractivity contribution >= 4 is 40.9 Å². The topological polar surface area (TPSA) is 133 Å². The van der Waals surface area contributed by atoms with Crippen molar-refractivity contribution in [2.24, 2.45) is 0 Å². The number of fused-ring (bicyclic) bond motifs is 2. The van der Waals surface area contributed by atoms with Crippen LogP contribution in [0.5, 0.6) is 11.5 Å². The third-order valence-corrected chi connectivity index (χ3v) is 7.32. The molecule has 13 heteroatoms. The normalized spacial score (nSPS) is 14.0. The highest BCUT2D eigenvalue weighted by atomic mass is 16.6. The summed E-state index contributed by atoms with van der Waals surface area (Å²) in [6.07, 6.45) is 1.19. The Balaban J connectivity index is 0.000000271. The number of carbonyl (C=O) groups excluding carboxylic acids is 4. The van der Waals surface area contributed by atoms with Crippen molar-refractivity contribution in [3.63, 3.8) is 0 Å². The molecule has 0 aliphatic carbocycles. The van der Waals surface area contributed by atoms with Crippen molar-refractivity contribution in [2.45, 2.75) is 78.9 Å². The van der Waals surface area contributed by atoms with Crippen LogP contribution in [0.1, 0.15) is 66.9 Å². The van der Waals surface area contributed by atoms with Gasteiger partial charge in [0.15, 0.2) is 13.2 Å². The van der Waals surface area contributed by atoms with Crippen LogP contribution in [0.15, 0.2) is 36.4 Å². The van der Waals surface area contributed by atoms with Gasteiger partial charge in [-0.3, -0.25) is 19.3 Å². The summed E-state index contributed by atoms with van der Waals surface area (Å²) < 4.78 is 31.9. The first-order valence-corrected chi connectivity index (χ1v) is 16.9. The van der Waals surface area contributed by atoms with Crippen molar-refractivity contribution in [1.29, 1.82) is 0 Å². The molecule has 0 fully saturated rings. The lowest BCUT2D eigenvalue weighted by Gasteiger charge is -2.31. The lowest BCUT2D eigenvalue weighted by molar-refractivity contribution is -0.153. The number of hydrogen-bond acceptors (Lipinski definition) is 10. The highest BCUT2D eigenvalue weighted by Crippen LogP contribution is 2.36. The van der Waals surface area contributed by atoms with Gasteiger partial charge in [-0.1, -0.05) is 6.07 Å². The van der Waals surface area contributed by atoms with Crippen LogP contribution in [0.25, 0.3) is 0 Å². The van der Waals surface area contributed by atoms with E-state index >= 15 is 0 Å². The maximum atomic E-state index is 12.5. The SMILES string of the molecule is CCN(C(=O)OC(C)(C)C)c1ccc2c(c1)N(CCCOC)C(=O)CO2.COCCCN1C(=O)COc2ccc(CC(=O)OC(C)(C)C)cc21. The minimum Gasteiger partial charge on any atom is -0.482 e. The van der Waals surface area contributed by atoms with E-state index in [2.05, 4.69) is 0 Å². The van der Waals surface area contributed by atoms with Gasteiger partial charge in [-0.05, 0) is 97.2 Å². The first-order chi connectivity index (χ1) is 23.6. The Bertz CT molecular complexity index is 1480. The zero-order valence-corrected chi connectivity index (χ0v) is 31.0. The first kappa shape index (κ1) is 40.1. The second-order valence-corrected chi connectivity index (χ2v) is 13.8. The van der Waals surface area contributed by atoms with E-state index in [-0.39, 0.29) is 37.4 Å². The van der Waals surface area contributed by atoms with Gasteiger partial charge >= 0.3 is 12.1 Å². The molecule has 0 saturated carbocycles. The highest BCUT2D eigenvalue weighted by molar-refractivity contribution is 5.99. The highest BCUT2D eigenvalue weighted by Gasteiger charge is 2.29. The number of methoxy groups -OCH3 is 2. The van der Waals surface area contributed by atoms with E-state index in [1.54, 1.807) is 48.3 Å². The van der Waals surface area contributed by atoms with Crippen molar-refractivity contribution in [1.82, 2.24) is 0 Å². The quantitative estimate of drug-likeness (QED) is 0.205. The molecule has 0 spiro atoms. The van der Waals surface area contributed by atoms with Crippen molar-refractivity contribution < 1.29 is 47.6 Å². The van der Waals surface area contributed by atoms with Crippen LogP contribution in [0.3, 0.4) is 0 Å². The van der Waals surface area contributed by atoms with Crippen LogP contribution in [0.4, 0.5) is 21.9 Å². The van der Waals surface area contributed by atoms with Crippen LogP contribution in [-0.4, -0.2) is 95.4 Å². The Labute approximate surface area is 295 Å². The predicted molar refractivity (Wildman–Crippen MR) is 190 cm³/mol. The largest absolute Gasteiger partial charge is 0.482 e. The first-order valence-electron chi connectivity index (χ1n) is 16.9. The molecule has 2 heterocycles. The van der Waals surface area contributed by atoms with Gasteiger partial charge in [-0.15, -0.1) is 0 Å². The van der Waals surface area contributed by atoms with Gasteiger partial charge in [0.05, 0.1) is 17.8 Å². The number of amides is 3. The molecule has 2 aromatic carbocycles. The lowest BCUT2D eigenvalue weighted by Crippen LogP contribution is -2.40. The molecule has 13 nitrogen and oxygen atoms in total. The van der Waals surface area contributed by atoms with Crippen molar-refractivity contribution in [3.05, 3.63) is 42.0 Å². The summed E-state index contributed by atoms with van der Waals surface area (Å²) in [7, 11) is 3.27. The summed E-state index contributed by atoms with van der Waals surface area (Å²) in [5, 5.41) is 0. The van der Waals surface area contributed by atoms with E-state index in [1.165, 1.54) is 4.90 Å². The van der Waals surface area contributed by atoms with Gasteiger partial charge in [0, 0.05) is 52.8 Å². The number of nitrogens with zero attached hydrogens (tertiary/aromatic N) is 3. The molecule has 3 amide bonds. The van der Waals surface area contributed by atoms with Gasteiger partial charge in [0.1, 0.15) is 22.7 Å². The van der Waals surface area contributed by atoms with Gasteiger partial charge < -0.3 is 38.2 Å². The number of carbonyl (C=O) groups is 4. The predicted octanol–water partition coefficient (Wildman–Crippen LogP) is 5.54. The molecule has 0 bridgehead atoms. The molecule has 2 aromatic rings. The molecule has 0 aromatic heterocycles. The summed E-state index contributed by atoms with van der Waals surface area (Å²) >= 11 is 0. The second kappa shape index (κ2) is 18.0. The lowest BCUT2D eigenvalue weighted by atomic mass is 10.1. The molecule has 0 atom stereocenters. The fraction of sp³-hybridized carbons (Fsp3) is 0.568. The third kappa shape index (κ3) is 11.9. The van der Waals surface area contributed by atoms with E-state index in [0.717, 1.165) is 18.4 Å². The molecular weight excluding hydrogens is 646 g/mol. The van der Waals surface area contributed by atoms with Crippen LogP contribution >= 0.6 is 0 Å². The zero-order valence-electron chi connectivity index (χ0n) is 31.0. The van der Waals surface area contributed by atoms with Gasteiger partial charge in [0.2, 0.25) is 0 Å². The molecular formula is C37H53N3O10. The third-order valence-electron chi connectivity index (χ3n) is 7.32. The van der Waals surface area contributed by atoms with Crippen LogP contribution < -0.4 is 24.2 Å². The van der Waals surface area contributed by atoms with E-state index in [1.807, 2.05) is 60.6 Å². The molecule has 50 heavy (non-hydrogen) atoms. The smallest absolute Gasteiger partial charge is 0.414 e. The van der Waals surface area contributed by atoms with E-state index in [9.17, 15) is 19.2 Å². The van der Waals surface area contributed by atoms with Crippen molar-refractivity contribution in [3.8, 4) is 11.5 Å². The van der Waals surface area contributed by atoms with Crippen LogP contribution in [-0.2, 0) is 39.8 Å². The van der Waals surface area contributed by atoms with Crippen molar-refractivity contribution in [2.75, 3.05) is 75.0 Å². The van der Waals surface area contributed by atoms with Gasteiger partial charge in [-0.2, -0.15) is 0 Å². The maximum Gasteiger partial charge on any atom is 0.414 e. The fourth-order valence-electron chi connectivity index (χ4n) is 5.22. The molecule has 0 saturated heterocycles. The molecule has 0 N–H and O–H groups in total. The number of anilines is 3. The number of benzene rings is 2. The summed E-state index contributed by atoms with van der Waals surface area (Å²) in [6.45, 7) is 15.6. The molecule has 2 aliphatic heterocycles. The Morgan fingerprint density at radius 1 is 0.760 bits per heavy atom. The minimum absolute atomic E-state index is 0.0168. The fourth-order valence-corrected chi connectivity index (χ4v) is 5.22. The zero-order chi connectivity index (χ0) is 37.1. The molecule has 4 rings (SSSR count). The van der Waals surface area contributed by atoms with Crippen LogP contribution in [0.2, 0.25) is 0 Å². The maximum absolute atomic E-state index is 12.5. The van der Waals surface area contributed by atoms with E-state index < -0.39 is 17.3 Å². The summed E-state index contributed by atoms with van der Waals surface area (Å²) in [5.41, 5.74) is 1.72. The standard InChI is InChI=1S/C19H28N2O5.C18H25NO5/c1-6-20(18(23)26-19(2,3)4)14-8-9-16-15(12-14)21(10-7-11-24-5)17(22)13-25-16;1-18(2,3)24-17(21)11-13-6-7-15-14(10-13)19(8-5-9-22-4)16(20)12-23-15/h8-9,12H,6-7,10-11,13H2,1-5H3;6-7,10H,5,8-9,11-12H2,1-4H3. The summed E-state index contributed by atoms with van der Waals surface area (Å²) in [5.74, 6) is 0.793. The van der Waals surface area contributed by atoms with Gasteiger partial charge in [-0.25, -0.2) is 4.79 Å². The minimum atomic E-state index is -0.579. The Morgan fingerprint density at radius 2 is 1.26 bits per heavy atom. The van der Waals surface area contributed by atoms with E-state index in [4.69, 9.17) is 28.4 Å². The summed E-state index contributed by atoms with van der Waals surface area (Å²) in [6, 6.07) is 10.8. The number of ether oxygens (including phenoxy) is 6. The average Bonchev–Trinajstić information content (AvgIpc) is 3.02. The monoisotopic (exact) mass is 699 g/mol. The Hall–Kier alpha value is -4.36. The average molecular weight is 700 g/mol. The Morgan fingerprint density at radius 3 is 1.74 bits per heavy atom. The molecule has 0 unspecified atom stereocenters. The van der Waals surface area contributed by atoms with Crippen LogP contribution in [0, 0.1) is 0 Å². The molecule has 0 radical (unpaired) electrons. The number of esters is 1. The second-order valence-electron chi connectivity index (χ2n) is 13.8. The molecule has 276 valence electrons.